The van der Waals surface area contributed by atoms with Gasteiger partial charge in [-0.25, -0.2) is 8.42 Å². The van der Waals surface area contributed by atoms with Crippen molar-refractivity contribution in [2.45, 2.75) is 55.7 Å². The number of benzene rings is 1. The predicted octanol–water partition coefficient (Wildman–Crippen LogP) is -0.307. The smallest absolute Gasteiger partial charge is 0.327 e. The molecule has 1 amide bonds. The van der Waals surface area contributed by atoms with E-state index in [1.807, 2.05) is 4.72 Å². The molecule has 1 aromatic heterocycles. The van der Waals surface area contributed by atoms with Crippen molar-refractivity contribution in [3.05, 3.63) is 46.8 Å². The maximum absolute atomic E-state index is 13.0. The molecule has 8 N–H and O–H groups in total. The number of nitrogens with one attached hydrogen (secondary N) is 4. The van der Waals surface area contributed by atoms with E-state index >= 15 is 0 Å². The Bertz CT molecular complexity index is 1320. The number of hydrogen-bond acceptors (Lipinski definition) is 10. The number of nitrogens with two attached hydrogens (primary N) is 1. The second kappa shape index (κ2) is 11.3. The Kier molecular flexibility index (Phi) is 8.51. The number of sulfonamides is 1. The minimum absolute atomic E-state index is 0.0509. The minimum Gasteiger partial charge on any atom is -0.481 e. The number of hydrogen-bond donors (Lipinski definition) is 7. The number of nitrogen functional groups attached to an aromatic ring is 1. The molecule has 16 heteroatoms. The Balaban J connectivity index is 1.68. The van der Waals surface area contributed by atoms with Crippen LogP contribution in [0.25, 0.3) is 0 Å². The number of aliphatic carboxylic acids is 2. The average Bonchev–Trinajstić information content (AvgIpc) is 3.43. The predicted molar refractivity (Wildman–Crippen MR) is 129 cm³/mol. The van der Waals surface area contributed by atoms with Gasteiger partial charge in [0, 0.05) is 12.1 Å². The summed E-state index contributed by atoms with van der Waals surface area (Å²) in [4.78, 5) is 41.3. The van der Waals surface area contributed by atoms with Gasteiger partial charge in [-0.1, -0.05) is 29.4 Å². The van der Waals surface area contributed by atoms with Gasteiger partial charge in [-0.05, 0) is 25.8 Å². The zero-order chi connectivity index (χ0) is 28.3. The van der Waals surface area contributed by atoms with Crippen LogP contribution >= 0.6 is 0 Å². The molecule has 0 aliphatic carbocycles. The summed E-state index contributed by atoms with van der Waals surface area (Å²) in [5.74, 6) is -4.29. The molecule has 1 aliphatic rings. The first-order valence-electron chi connectivity index (χ1n) is 11.3. The van der Waals surface area contributed by atoms with Crippen LogP contribution in [0, 0.1) is 19.3 Å². The third kappa shape index (κ3) is 6.52. The standard InChI is InChI=1S/C22H28N6O9S/c1-11-19(12(2)36-26-11)38(34,35)28-22(21(32)33,9-18(30)31)10-25-17(29)8-15-7-16(27-37-15)13-3-5-14(6-4-13)20(23)24/h3-6,15-16,27-28H,7-10H2,1-2H3,(H3,23,24)(H,25,29)(H,30,31)(H,32,33)/t15-,16?,22+/m1/s1. The molecule has 0 spiro atoms. The van der Waals surface area contributed by atoms with Crippen LogP contribution in [0.2, 0.25) is 0 Å². The molecule has 1 aromatic carbocycles. The molecule has 38 heavy (non-hydrogen) atoms. The highest BCUT2D eigenvalue weighted by atomic mass is 32.2. The Morgan fingerprint density at radius 2 is 1.89 bits per heavy atom. The Morgan fingerprint density at radius 1 is 1.24 bits per heavy atom. The number of nitrogens with zero attached hydrogens (tertiary/aromatic N) is 1. The summed E-state index contributed by atoms with van der Waals surface area (Å²) in [6.45, 7) is 1.77. The van der Waals surface area contributed by atoms with E-state index in [-0.39, 0.29) is 29.8 Å². The molecule has 2 heterocycles. The highest BCUT2D eigenvalue weighted by Crippen LogP contribution is 2.27. The van der Waals surface area contributed by atoms with Crippen molar-refractivity contribution in [3.63, 3.8) is 0 Å². The van der Waals surface area contributed by atoms with E-state index < -0.39 is 57.4 Å². The number of carboxylic acid groups (broad SMARTS) is 2. The summed E-state index contributed by atoms with van der Waals surface area (Å²) in [6.07, 6.45) is -1.60. The Morgan fingerprint density at radius 3 is 2.42 bits per heavy atom. The third-order valence-electron chi connectivity index (χ3n) is 5.93. The van der Waals surface area contributed by atoms with Gasteiger partial charge in [0.1, 0.15) is 16.4 Å². The van der Waals surface area contributed by atoms with E-state index in [0.717, 1.165) is 5.56 Å². The number of carboxylic acids is 2. The van der Waals surface area contributed by atoms with Crippen LogP contribution in [-0.2, 0) is 29.2 Å². The van der Waals surface area contributed by atoms with E-state index in [1.165, 1.54) is 13.8 Å². The summed E-state index contributed by atoms with van der Waals surface area (Å²) in [5, 5.41) is 32.5. The van der Waals surface area contributed by atoms with Crippen LogP contribution in [0.5, 0.6) is 0 Å². The minimum atomic E-state index is -4.60. The van der Waals surface area contributed by atoms with Crippen LogP contribution in [0.4, 0.5) is 0 Å². The summed E-state index contributed by atoms with van der Waals surface area (Å²) < 4.78 is 32.7. The number of aryl methyl sites for hydroxylation is 2. The quantitative estimate of drug-likeness (QED) is 0.132. The summed E-state index contributed by atoms with van der Waals surface area (Å²) in [7, 11) is -4.60. The number of aromatic nitrogens is 1. The molecule has 15 nitrogen and oxygen atoms in total. The van der Waals surface area contributed by atoms with E-state index in [1.54, 1.807) is 24.3 Å². The van der Waals surface area contributed by atoms with Gasteiger partial charge in [-0.15, -0.1) is 0 Å². The van der Waals surface area contributed by atoms with Gasteiger partial charge in [0.05, 0.1) is 25.0 Å². The van der Waals surface area contributed by atoms with Gasteiger partial charge in [0.15, 0.2) is 11.3 Å². The van der Waals surface area contributed by atoms with Crippen molar-refractivity contribution < 1.29 is 42.4 Å². The van der Waals surface area contributed by atoms with Crippen molar-refractivity contribution in [2.75, 3.05) is 6.54 Å². The fourth-order valence-electron chi connectivity index (χ4n) is 4.04. The lowest BCUT2D eigenvalue weighted by atomic mass is 9.96. The van der Waals surface area contributed by atoms with E-state index in [4.69, 9.17) is 20.5 Å². The van der Waals surface area contributed by atoms with Crippen LogP contribution in [0.15, 0.2) is 33.7 Å². The molecule has 0 radical (unpaired) electrons. The topological polar surface area (TPSA) is 247 Å². The highest BCUT2D eigenvalue weighted by molar-refractivity contribution is 7.89. The number of amides is 1. The number of hydroxylamine groups is 1. The van der Waals surface area contributed by atoms with Crippen molar-refractivity contribution in [1.29, 1.82) is 5.41 Å². The maximum Gasteiger partial charge on any atom is 0.327 e. The van der Waals surface area contributed by atoms with Crippen LogP contribution in [-0.4, -0.2) is 65.7 Å². The first kappa shape index (κ1) is 28.7. The summed E-state index contributed by atoms with van der Waals surface area (Å²) >= 11 is 0. The van der Waals surface area contributed by atoms with Crippen LogP contribution in [0.1, 0.15) is 47.9 Å². The molecule has 206 valence electrons. The summed E-state index contributed by atoms with van der Waals surface area (Å²) in [5.41, 5.74) is 6.99. The monoisotopic (exact) mass is 552 g/mol. The van der Waals surface area contributed by atoms with Crippen molar-refractivity contribution in [3.8, 4) is 0 Å². The fourth-order valence-corrected chi connectivity index (χ4v) is 5.73. The lowest BCUT2D eigenvalue weighted by Crippen LogP contribution is -2.61. The van der Waals surface area contributed by atoms with E-state index in [0.29, 0.717) is 12.0 Å². The Hall–Kier alpha value is -3.86. The normalized spacial score (nSPS) is 19.0. The highest BCUT2D eigenvalue weighted by Gasteiger charge is 2.46. The molecule has 0 bridgehead atoms. The molecule has 3 rings (SSSR count). The third-order valence-corrected chi connectivity index (χ3v) is 7.71. The molecule has 0 saturated carbocycles. The molecule has 1 unspecified atom stereocenters. The molecular formula is C22H28N6O9S. The lowest BCUT2D eigenvalue weighted by Gasteiger charge is -2.29. The second-order valence-corrected chi connectivity index (χ2v) is 10.5. The second-order valence-electron chi connectivity index (χ2n) is 8.88. The van der Waals surface area contributed by atoms with Gasteiger partial charge in [0.2, 0.25) is 15.9 Å². The number of rotatable bonds is 12. The molecule has 2 aromatic rings. The lowest BCUT2D eigenvalue weighted by molar-refractivity contribution is -0.150. The van der Waals surface area contributed by atoms with Crippen molar-refractivity contribution in [2.24, 2.45) is 5.73 Å². The molecule has 3 atom stereocenters. The van der Waals surface area contributed by atoms with Crippen LogP contribution in [0.3, 0.4) is 0 Å². The molecule has 1 saturated heterocycles. The maximum atomic E-state index is 13.0. The zero-order valence-corrected chi connectivity index (χ0v) is 21.3. The number of carbonyl (C=O) groups is 3. The zero-order valence-electron chi connectivity index (χ0n) is 20.5. The first-order chi connectivity index (χ1) is 17.7. The first-order valence-corrected chi connectivity index (χ1v) is 12.8. The summed E-state index contributed by atoms with van der Waals surface area (Å²) in [6, 6.07) is 6.62. The number of carbonyl (C=O) groups excluding carboxylic acids is 1. The van der Waals surface area contributed by atoms with Gasteiger partial charge in [0.25, 0.3) is 0 Å². The largest absolute Gasteiger partial charge is 0.481 e. The van der Waals surface area contributed by atoms with Gasteiger partial charge in [-0.3, -0.25) is 24.6 Å². The SMILES string of the molecule is Cc1noc(C)c1S(=O)(=O)N[C@](CNC(=O)C[C@H]1CC(c2ccc(C(=N)N)cc2)NO1)(CC(=O)O)C(=O)O. The number of amidine groups is 1. The Labute approximate surface area is 217 Å². The van der Waals surface area contributed by atoms with Crippen LogP contribution < -0.4 is 21.3 Å². The van der Waals surface area contributed by atoms with Gasteiger partial charge < -0.3 is 25.8 Å². The molecule has 1 aliphatic heterocycles. The van der Waals surface area contributed by atoms with Gasteiger partial charge >= 0.3 is 11.9 Å². The van der Waals surface area contributed by atoms with E-state index in [2.05, 4.69) is 16.0 Å². The fraction of sp³-hybridized carbons (Fsp3) is 0.409. The van der Waals surface area contributed by atoms with E-state index in [9.17, 15) is 33.0 Å². The average molecular weight is 553 g/mol. The van der Waals surface area contributed by atoms with Crippen molar-refractivity contribution in [1.82, 2.24) is 20.7 Å². The molecule has 1 fully saturated rings. The molecular weight excluding hydrogens is 524 g/mol. The van der Waals surface area contributed by atoms with Gasteiger partial charge in [-0.2, -0.15) is 10.2 Å². The van der Waals surface area contributed by atoms with Crippen molar-refractivity contribution >= 4 is 33.7 Å².